The fourth-order valence-corrected chi connectivity index (χ4v) is 2.51. The molecular weight excluding hydrogens is 356 g/mol. The number of benzene rings is 1. The first kappa shape index (κ1) is 16.3. The Morgan fingerprint density at radius 2 is 2.23 bits per heavy atom. The molecule has 3 N–H and O–H groups in total. The van der Waals surface area contributed by atoms with Gasteiger partial charge in [-0.2, -0.15) is 0 Å². The van der Waals surface area contributed by atoms with E-state index in [1.54, 1.807) is 13.0 Å². The summed E-state index contributed by atoms with van der Waals surface area (Å²) in [5.41, 5.74) is 0.857. The molecule has 0 saturated carbocycles. The van der Waals surface area contributed by atoms with Crippen molar-refractivity contribution in [1.29, 1.82) is 0 Å². The minimum atomic E-state index is -0.903. The minimum Gasteiger partial charge on any atom is -0.482 e. The monoisotopic (exact) mass is 370 g/mol. The quantitative estimate of drug-likeness (QED) is 0.732. The molecule has 1 aromatic rings. The summed E-state index contributed by atoms with van der Waals surface area (Å²) in [7, 11) is 0. The van der Waals surface area contributed by atoms with Crippen LogP contribution in [0.15, 0.2) is 16.6 Å². The molecule has 118 valence electrons. The first-order valence-electron chi connectivity index (χ1n) is 6.65. The van der Waals surface area contributed by atoms with Gasteiger partial charge in [0, 0.05) is 16.9 Å². The zero-order chi connectivity index (χ0) is 16.3. The van der Waals surface area contributed by atoms with E-state index in [2.05, 4.69) is 26.6 Å². The Morgan fingerprint density at radius 1 is 1.50 bits per heavy atom. The molecule has 1 aliphatic rings. The Morgan fingerprint density at radius 3 is 2.91 bits per heavy atom. The molecule has 1 aliphatic heterocycles. The largest absolute Gasteiger partial charge is 0.482 e. The summed E-state index contributed by atoms with van der Waals surface area (Å²) in [4.78, 5) is 34.0. The highest BCUT2D eigenvalue weighted by atomic mass is 79.9. The maximum Gasteiger partial charge on any atom is 0.303 e. The molecule has 0 bridgehead atoms. The van der Waals surface area contributed by atoms with Gasteiger partial charge in [0.15, 0.2) is 6.61 Å². The molecule has 22 heavy (non-hydrogen) atoms. The Balaban J connectivity index is 2.10. The number of carbonyl (C=O) groups excluding carboxylic acids is 2. The van der Waals surface area contributed by atoms with Gasteiger partial charge in [-0.1, -0.05) is 0 Å². The number of amides is 2. The lowest BCUT2D eigenvalue weighted by atomic mass is 10.1. The van der Waals surface area contributed by atoms with Crippen LogP contribution in [0.4, 0.5) is 5.69 Å². The third-order valence-corrected chi connectivity index (χ3v) is 3.77. The van der Waals surface area contributed by atoms with Gasteiger partial charge in [-0.15, -0.1) is 0 Å². The molecule has 7 nitrogen and oxygen atoms in total. The van der Waals surface area contributed by atoms with E-state index >= 15 is 0 Å². The number of nitrogens with one attached hydrogen (secondary N) is 2. The smallest absolute Gasteiger partial charge is 0.303 e. The predicted molar refractivity (Wildman–Crippen MR) is 82.1 cm³/mol. The van der Waals surface area contributed by atoms with Crippen molar-refractivity contribution in [2.45, 2.75) is 25.8 Å². The van der Waals surface area contributed by atoms with Gasteiger partial charge in [-0.3, -0.25) is 14.4 Å². The van der Waals surface area contributed by atoms with Crippen LogP contribution >= 0.6 is 15.9 Å². The molecule has 0 saturated heterocycles. The Kier molecular flexibility index (Phi) is 5.02. The third kappa shape index (κ3) is 3.97. The molecular formula is C14H15BrN2O5. The number of aliphatic carboxylic acids is 1. The van der Waals surface area contributed by atoms with Crippen LogP contribution in [0, 0.1) is 0 Å². The van der Waals surface area contributed by atoms with Gasteiger partial charge in [0.25, 0.3) is 11.8 Å². The lowest BCUT2D eigenvalue weighted by Gasteiger charge is -2.20. The second-order valence-corrected chi connectivity index (χ2v) is 5.83. The van der Waals surface area contributed by atoms with E-state index in [9.17, 15) is 14.4 Å². The standard InChI is InChI=1S/C14H15BrN2O5/c1-7(2-3-13(19)20)16-14(21)8-4-11-10(5-9(8)15)17-12(18)6-22-11/h4-5,7H,2-3,6H2,1H3,(H,16,21)(H,17,18)(H,19,20). The lowest BCUT2D eigenvalue weighted by Crippen LogP contribution is -2.33. The maximum absolute atomic E-state index is 12.2. The van der Waals surface area contributed by atoms with Crippen LogP contribution in [0.3, 0.4) is 0 Å². The van der Waals surface area contributed by atoms with Crippen molar-refractivity contribution in [1.82, 2.24) is 5.32 Å². The van der Waals surface area contributed by atoms with Crippen LogP contribution in [-0.4, -0.2) is 35.5 Å². The molecule has 0 radical (unpaired) electrons. The van der Waals surface area contributed by atoms with E-state index in [1.807, 2.05) is 0 Å². The van der Waals surface area contributed by atoms with Gasteiger partial charge in [0.05, 0.1) is 11.3 Å². The van der Waals surface area contributed by atoms with E-state index in [4.69, 9.17) is 9.84 Å². The zero-order valence-corrected chi connectivity index (χ0v) is 13.4. The number of carbonyl (C=O) groups is 3. The van der Waals surface area contributed by atoms with Crippen molar-refractivity contribution in [3.05, 3.63) is 22.2 Å². The van der Waals surface area contributed by atoms with Crippen molar-refractivity contribution < 1.29 is 24.2 Å². The summed E-state index contributed by atoms with van der Waals surface area (Å²) in [5, 5.41) is 14.0. The van der Waals surface area contributed by atoms with Crippen molar-refractivity contribution in [3.8, 4) is 5.75 Å². The van der Waals surface area contributed by atoms with Gasteiger partial charge in [-0.25, -0.2) is 0 Å². The fourth-order valence-electron chi connectivity index (χ4n) is 1.99. The lowest BCUT2D eigenvalue weighted by molar-refractivity contribution is -0.137. The SMILES string of the molecule is CC(CCC(=O)O)NC(=O)c1cc2c(cc1Br)NC(=O)CO2. The molecule has 1 aromatic carbocycles. The normalized spacial score (nSPS) is 14.4. The van der Waals surface area contributed by atoms with Crippen molar-refractivity contribution in [2.75, 3.05) is 11.9 Å². The highest BCUT2D eigenvalue weighted by Crippen LogP contribution is 2.33. The van der Waals surface area contributed by atoms with Crippen LogP contribution in [0.25, 0.3) is 0 Å². The summed E-state index contributed by atoms with van der Waals surface area (Å²) in [6, 6.07) is 2.87. The Bertz CT molecular complexity index is 632. The number of halogens is 1. The topological polar surface area (TPSA) is 105 Å². The summed E-state index contributed by atoms with van der Waals surface area (Å²) in [5.74, 6) is -1.07. The highest BCUT2D eigenvalue weighted by molar-refractivity contribution is 9.10. The van der Waals surface area contributed by atoms with Gasteiger partial charge in [0.1, 0.15) is 5.75 Å². The third-order valence-electron chi connectivity index (χ3n) is 3.12. The number of carboxylic acid groups (broad SMARTS) is 1. The van der Waals surface area contributed by atoms with Crippen molar-refractivity contribution >= 4 is 39.4 Å². The van der Waals surface area contributed by atoms with E-state index < -0.39 is 5.97 Å². The summed E-state index contributed by atoms with van der Waals surface area (Å²) >= 11 is 3.29. The predicted octanol–water partition coefficient (Wildman–Crippen LogP) is 1.76. The molecule has 1 unspecified atom stereocenters. The number of rotatable bonds is 5. The first-order valence-corrected chi connectivity index (χ1v) is 7.45. The molecule has 1 heterocycles. The number of carboxylic acids is 1. The number of hydrogen-bond acceptors (Lipinski definition) is 4. The van der Waals surface area contributed by atoms with Gasteiger partial charge in [-0.05, 0) is 41.4 Å². The summed E-state index contributed by atoms with van der Waals surface area (Å²) in [6.45, 7) is 1.65. The fraction of sp³-hybridized carbons (Fsp3) is 0.357. The molecule has 2 rings (SSSR count). The van der Waals surface area contributed by atoms with Crippen molar-refractivity contribution in [2.24, 2.45) is 0 Å². The van der Waals surface area contributed by atoms with Crippen LogP contribution < -0.4 is 15.4 Å². The summed E-state index contributed by atoms with van der Waals surface area (Å²) < 4.78 is 5.79. The number of ether oxygens (including phenoxy) is 1. The molecule has 8 heteroatoms. The second kappa shape index (κ2) is 6.78. The minimum absolute atomic E-state index is 0.0120. The van der Waals surface area contributed by atoms with E-state index in [-0.39, 0.29) is 30.9 Å². The Hall–Kier alpha value is -2.09. The number of anilines is 1. The van der Waals surface area contributed by atoms with E-state index in [0.29, 0.717) is 27.9 Å². The number of hydrogen-bond donors (Lipinski definition) is 3. The molecule has 0 aromatic heterocycles. The van der Waals surface area contributed by atoms with Gasteiger partial charge >= 0.3 is 5.97 Å². The molecule has 2 amide bonds. The maximum atomic E-state index is 12.2. The zero-order valence-electron chi connectivity index (χ0n) is 11.8. The molecule has 0 aliphatic carbocycles. The Labute approximate surface area is 135 Å². The molecule has 0 fully saturated rings. The average Bonchev–Trinajstić information content (AvgIpc) is 2.44. The molecule has 0 spiro atoms. The van der Waals surface area contributed by atoms with Crippen LogP contribution in [0.2, 0.25) is 0 Å². The second-order valence-electron chi connectivity index (χ2n) is 4.97. The first-order chi connectivity index (χ1) is 10.4. The summed E-state index contributed by atoms with van der Waals surface area (Å²) in [6.07, 6.45) is 0.331. The van der Waals surface area contributed by atoms with Crippen LogP contribution in [0.1, 0.15) is 30.1 Å². The number of fused-ring (bicyclic) bond motifs is 1. The van der Waals surface area contributed by atoms with Gasteiger partial charge < -0.3 is 20.5 Å². The van der Waals surface area contributed by atoms with Crippen LogP contribution in [-0.2, 0) is 9.59 Å². The van der Waals surface area contributed by atoms with Crippen molar-refractivity contribution in [3.63, 3.8) is 0 Å². The molecule has 1 atom stereocenters. The van der Waals surface area contributed by atoms with E-state index in [0.717, 1.165) is 0 Å². The highest BCUT2D eigenvalue weighted by Gasteiger charge is 2.21. The average molecular weight is 371 g/mol. The van der Waals surface area contributed by atoms with Gasteiger partial charge in [0.2, 0.25) is 0 Å². The van der Waals surface area contributed by atoms with Crippen LogP contribution in [0.5, 0.6) is 5.75 Å². The van der Waals surface area contributed by atoms with E-state index in [1.165, 1.54) is 6.07 Å².